The van der Waals surface area contributed by atoms with E-state index < -0.39 is 0 Å². The molecule has 6 nitrogen and oxygen atoms in total. The first kappa shape index (κ1) is 16.8. The Labute approximate surface area is 156 Å². The van der Waals surface area contributed by atoms with Gasteiger partial charge in [0.15, 0.2) is 5.65 Å². The number of likely N-dealkylation sites (tertiary alicyclic amines) is 1. The maximum Gasteiger partial charge on any atom is 0.321 e. The molecule has 1 atom stereocenters. The van der Waals surface area contributed by atoms with E-state index >= 15 is 0 Å². The van der Waals surface area contributed by atoms with Gasteiger partial charge in [-0.05, 0) is 43.2 Å². The van der Waals surface area contributed by atoms with Crippen molar-refractivity contribution in [3.8, 4) is 0 Å². The van der Waals surface area contributed by atoms with Crippen LogP contribution >= 0.6 is 11.6 Å². The minimum Gasteiger partial charge on any atom is -0.324 e. The van der Waals surface area contributed by atoms with Crippen molar-refractivity contribution >= 4 is 34.5 Å². The van der Waals surface area contributed by atoms with Crippen LogP contribution in [0.4, 0.5) is 10.5 Å². The minimum atomic E-state index is -0.107. The van der Waals surface area contributed by atoms with Gasteiger partial charge in [0, 0.05) is 43.0 Å². The Bertz CT molecular complexity index is 983. The maximum absolute atomic E-state index is 12.6. The van der Waals surface area contributed by atoms with E-state index in [9.17, 15) is 4.79 Å². The number of nitrogens with zero attached hydrogens (tertiary/aromatic N) is 4. The van der Waals surface area contributed by atoms with Gasteiger partial charge in [-0.15, -0.1) is 0 Å². The van der Waals surface area contributed by atoms with Crippen molar-refractivity contribution < 1.29 is 4.79 Å². The third-order valence-electron chi connectivity index (χ3n) is 4.93. The molecule has 3 heterocycles. The molecular weight excluding hydrogens is 350 g/mol. The Morgan fingerprint density at radius 3 is 2.96 bits per heavy atom. The van der Waals surface area contributed by atoms with Gasteiger partial charge in [0.2, 0.25) is 0 Å². The average molecular weight is 370 g/mol. The maximum atomic E-state index is 12.6. The molecule has 1 saturated heterocycles. The number of urea groups is 1. The molecule has 1 fully saturated rings. The molecule has 2 aromatic heterocycles. The quantitative estimate of drug-likeness (QED) is 0.743. The third-order valence-corrected chi connectivity index (χ3v) is 5.33. The number of nitrogens with one attached hydrogen (secondary N) is 1. The van der Waals surface area contributed by atoms with Gasteiger partial charge in [-0.25, -0.2) is 14.8 Å². The Hall–Kier alpha value is -2.60. The average Bonchev–Trinajstić information content (AvgIpc) is 3.24. The van der Waals surface area contributed by atoms with Gasteiger partial charge in [0.05, 0.1) is 0 Å². The molecule has 26 heavy (non-hydrogen) atoms. The molecular formula is C19H20ClN5O. The van der Waals surface area contributed by atoms with Crippen LogP contribution in [0.2, 0.25) is 5.02 Å². The molecule has 1 aromatic carbocycles. The van der Waals surface area contributed by atoms with Gasteiger partial charge in [0.1, 0.15) is 11.3 Å². The number of fused-ring (bicyclic) bond motifs is 1. The highest BCUT2D eigenvalue weighted by atomic mass is 35.5. The van der Waals surface area contributed by atoms with Gasteiger partial charge >= 0.3 is 6.03 Å². The lowest BCUT2D eigenvalue weighted by atomic mass is 10.1. The fourth-order valence-corrected chi connectivity index (χ4v) is 3.62. The predicted octanol–water partition coefficient (Wildman–Crippen LogP) is 3.95. The highest BCUT2D eigenvalue weighted by molar-refractivity contribution is 6.31. The van der Waals surface area contributed by atoms with Crippen LogP contribution in [0.1, 0.15) is 23.7 Å². The highest BCUT2D eigenvalue weighted by Crippen LogP contribution is 2.29. The fraction of sp³-hybridized carbons (Fsp3) is 0.316. The lowest BCUT2D eigenvalue weighted by Gasteiger charge is -2.17. The highest BCUT2D eigenvalue weighted by Gasteiger charge is 2.30. The lowest BCUT2D eigenvalue weighted by molar-refractivity contribution is 0.222. The Morgan fingerprint density at radius 2 is 2.19 bits per heavy atom. The molecule has 1 N–H and O–H groups in total. The molecule has 2 amide bonds. The summed E-state index contributed by atoms with van der Waals surface area (Å²) in [5, 5.41) is 3.58. The number of imidazole rings is 1. The number of hydrogen-bond donors (Lipinski definition) is 1. The molecule has 1 aliphatic rings. The van der Waals surface area contributed by atoms with Gasteiger partial charge in [-0.3, -0.25) is 0 Å². The van der Waals surface area contributed by atoms with Crippen LogP contribution < -0.4 is 5.32 Å². The van der Waals surface area contributed by atoms with E-state index in [0.717, 1.165) is 29.0 Å². The van der Waals surface area contributed by atoms with Crippen molar-refractivity contribution in [2.45, 2.75) is 19.3 Å². The Kier molecular flexibility index (Phi) is 4.28. The van der Waals surface area contributed by atoms with E-state index in [4.69, 9.17) is 16.6 Å². The number of aryl methyl sites for hydroxylation is 2. The monoisotopic (exact) mass is 369 g/mol. The Morgan fingerprint density at radius 1 is 1.35 bits per heavy atom. The summed E-state index contributed by atoms with van der Waals surface area (Å²) in [5.41, 5.74) is 3.46. The number of carbonyl (C=O) groups excluding carboxylic acids is 1. The normalized spacial score (nSPS) is 17.0. The molecule has 0 spiro atoms. The smallest absolute Gasteiger partial charge is 0.321 e. The summed E-state index contributed by atoms with van der Waals surface area (Å²) in [7, 11) is 1.98. The number of rotatable bonds is 2. The summed E-state index contributed by atoms with van der Waals surface area (Å²) >= 11 is 6.13. The first-order chi connectivity index (χ1) is 12.5. The summed E-state index contributed by atoms with van der Waals surface area (Å²) in [6.07, 6.45) is 2.66. The first-order valence-corrected chi connectivity index (χ1v) is 9.00. The van der Waals surface area contributed by atoms with Gasteiger partial charge in [0.25, 0.3) is 0 Å². The summed E-state index contributed by atoms with van der Waals surface area (Å²) in [6.45, 7) is 3.28. The number of benzene rings is 1. The van der Waals surface area contributed by atoms with Gasteiger partial charge < -0.3 is 14.8 Å². The number of hydrogen-bond acceptors (Lipinski definition) is 3. The van der Waals surface area contributed by atoms with Crippen molar-refractivity contribution in [2.75, 3.05) is 18.4 Å². The van der Waals surface area contributed by atoms with E-state index in [1.165, 1.54) is 0 Å². The fourth-order valence-electron chi connectivity index (χ4n) is 3.43. The van der Waals surface area contributed by atoms with E-state index in [2.05, 4.69) is 10.3 Å². The number of carbonyl (C=O) groups is 1. The molecule has 0 bridgehead atoms. The molecule has 134 valence electrons. The van der Waals surface area contributed by atoms with Crippen LogP contribution in [-0.4, -0.2) is 38.6 Å². The van der Waals surface area contributed by atoms with Crippen LogP contribution in [0, 0.1) is 6.92 Å². The molecule has 0 unspecified atom stereocenters. The second-order valence-electron chi connectivity index (χ2n) is 6.70. The van der Waals surface area contributed by atoms with E-state index in [1.54, 1.807) is 12.3 Å². The second-order valence-corrected chi connectivity index (χ2v) is 7.11. The first-order valence-electron chi connectivity index (χ1n) is 8.62. The zero-order valence-electron chi connectivity index (χ0n) is 14.7. The number of anilines is 1. The minimum absolute atomic E-state index is 0.107. The summed E-state index contributed by atoms with van der Waals surface area (Å²) in [4.78, 5) is 23.5. The SMILES string of the molecule is Cc1ccc(NC(=O)N2CC[C@H](c3nc4cccnc4n3C)C2)cc1Cl. The van der Waals surface area contributed by atoms with Crippen molar-refractivity contribution in [1.82, 2.24) is 19.4 Å². The number of halogens is 1. The van der Waals surface area contributed by atoms with Crippen molar-refractivity contribution in [3.05, 3.63) is 52.9 Å². The number of aromatic nitrogens is 3. The molecule has 1 aliphatic heterocycles. The van der Waals surface area contributed by atoms with Gasteiger partial charge in [-0.1, -0.05) is 17.7 Å². The molecule has 0 radical (unpaired) electrons. The van der Waals surface area contributed by atoms with Crippen LogP contribution in [0.3, 0.4) is 0 Å². The molecule has 3 aromatic rings. The zero-order chi connectivity index (χ0) is 18.3. The van der Waals surface area contributed by atoms with E-state index in [1.807, 2.05) is 47.7 Å². The second kappa shape index (κ2) is 6.61. The molecule has 4 rings (SSSR count). The number of amides is 2. The predicted molar refractivity (Wildman–Crippen MR) is 103 cm³/mol. The largest absolute Gasteiger partial charge is 0.324 e. The summed E-state index contributed by atoms with van der Waals surface area (Å²) in [5.74, 6) is 1.19. The van der Waals surface area contributed by atoms with Crippen LogP contribution in [0.5, 0.6) is 0 Å². The Balaban J connectivity index is 1.48. The molecule has 7 heteroatoms. The van der Waals surface area contributed by atoms with Gasteiger partial charge in [-0.2, -0.15) is 0 Å². The van der Waals surface area contributed by atoms with Crippen molar-refractivity contribution in [1.29, 1.82) is 0 Å². The van der Waals surface area contributed by atoms with Crippen LogP contribution in [-0.2, 0) is 7.05 Å². The topological polar surface area (TPSA) is 63.1 Å². The van der Waals surface area contributed by atoms with Crippen LogP contribution in [0.25, 0.3) is 11.2 Å². The molecule has 0 saturated carbocycles. The van der Waals surface area contributed by atoms with Crippen LogP contribution in [0.15, 0.2) is 36.5 Å². The standard InChI is InChI=1S/C19H20ClN5O/c1-12-5-6-14(10-15(12)20)22-19(26)25-9-7-13(11-25)17-23-16-4-3-8-21-18(16)24(17)2/h3-6,8,10,13H,7,9,11H2,1-2H3,(H,22,26)/t13-/m0/s1. The number of pyridine rings is 1. The molecule has 0 aliphatic carbocycles. The summed E-state index contributed by atoms with van der Waals surface area (Å²) in [6, 6.07) is 9.29. The zero-order valence-corrected chi connectivity index (χ0v) is 15.5. The lowest BCUT2D eigenvalue weighted by Crippen LogP contribution is -2.33. The van der Waals surface area contributed by atoms with E-state index in [0.29, 0.717) is 23.8 Å². The van der Waals surface area contributed by atoms with Crippen molar-refractivity contribution in [3.63, 3.8) is 0 Å². The van der Waals surface area contributed by atoms with E-state index in [-0.39, 0.29) is 11.9 Å². The summed E-state index contributed by atoms with van der Waals surface area (Å²) < 4.78 is 2.03. The van der Waals surface area contributed by atoms with Crippen molar-refractivity contribution in [2.24, 2.45) is 7.05 Å². The third kappa shape index (κ3) is 3.01.